The van der Waals surface area contributed by atoms with Crippen LogP contribution >= 0.6 is 11.6 Å². The van der Waals surface area contributed by atoms with Crippen LogP contribution in [-0.4, -0.2) is 5.78 Å². The van der Waals surface area contributed by atoms with Gasteiger partial charge in [-0.2, -0.15) is 0 Å². The Morgan fingerprint density at radius 3 is 2.60 bits per heavy atom. The second kappa shape index (κ2) is 7.50. The first-order valence-electron chi connectivity index (χ1n) is 5.17. The average molecular weight is 227 g/mol. The minimum absolute atomic E-state index is 0.281. The van der Waals surface area contributed by atoms with Crippen LogP contribution < -0.4 is 0 Å². The van der Waals surface area contributed by atoms with Gasteiger partial charge in [0.05, 0.1) is 5.03 Å². The molecule has 0 saturated carbocycles. The maximum absolute atomic E-state index is 11.4. The first-order chi connectivity index (χ1) is 6.95. The van der Waals surface area contributed by atoms with Crippen LogP contribution in [0.4, 0.5) is 0 Å². The zero-order chi connectivity index (χ0) is 11.8. The largest absolute Gasteiger partial charge is 0.299 e. The van der Waals surface area contributed by atoms with Gasteiger partial charge in [-0.25, -0.2) is 0 Å². The van der Waals surface area contributed by atoms with Gasteiger partial charge in [0.2, 0.25) is 0 Å². The fourth-order valence-electron chi connectivity index (χ4n) is 1.21. The van der Waals surface area contributed by atoms with Crippen molar-refractivity contribution >= 4 is 17.4 Å². The van der Waals surface area contributed by atoms with Gasteiger partial charge in [-0.05, 0) is 12.8 Å². The Labute approximate surface area is 97.5 Å². The first-order valence-corrected chi connectivity index (χ1v) is 5.55. The molecule has 0 fully saturated rings. The second-order valence-corrected chi connectivity index (χ2v) is 4.61. The lowest BCUT2D eigenvalue weighted by Gasteiger charge is -2.02. The quantitative estimate of drug-likeness (QED) is 0.489. The zero-order valence-electron chi connectivity index (χ0n) is 9.77. The Balaban J connectivity index is 4.05. The summed E-state index contributed by atoms with van der Waals surface area (Å²) in [5, 5.41) is 0.597. The molecule has 1 nitrogen and oxygen atoms in total. The predicted octanol–water partition coefficient (Wildman–Crippen LogP) is 4.24. The fraction of sp³-hybridized carbons (Fsp3) is 0.538. The molecule has 0 unspecified atom stereocenters. The van der Waals surface area contributed by atoms with E-state index in [-0.39, 0.29) is 5.78 Å². The minimum Gasteiger partial charge on any atom is -0.299 e. The Kier molecular flexibility index (Phi) is 7.11. The molecule has 0 rings (SSSR count). The van der Waals surface area contributed by atoms with E-state index in [0.29, 0.717) is 30.2 Å². The van der Waals surface area contributed by atoms with Crippen LogP contribution in [0.1, 0.15) is 40.0 Å². The molecule has 0 aromatic rings. The molecule has 0 aliphatic rings. The summed E-state index contributed by atoms with van der Waals surface area (Å²) in [6.45, 7) is 9.52. The van der Waals surface area contributed by atoms with Gasteiger partial charge < -0.3 is 0 Å². The number of hydrogen-bond donors (Lipinski definition) is 0. The normalized spacial score (nSPS) is 11.4. The topological polar surface area (TPSA) is 17.1 Å². The number of allylic oxidation sites excluding steroid dienone is 3. The van der Waals surface area contributed by atoms with Crippen LogP contribution in [-0.2, 0) is 4.79 Å². The highest BCUT2D eigenvalue weighted by atomic mass is 35.5. The summed E-state index contributed by atoms with van der Waals surface area (Å²) in [6, 6.07) is 0. The van der Waals surface area contributed by atoms with Gasteiger partial charge in [-0.15, -0.1) is 5.73 Å². The van der Waals surface area contributed by atoms with Crippen LogP contribution in [0.15, 0.2) is 29.0 Å². The van der Waals surface area contributed by atoms with E-state index >= 15 is 0 Å². The molecule has 15 heavy (non-hydrogen) atoms. The van der Waals surface area contributed by atoms with Crippen LogP contribution in [0.3, 0.4) is 0 Å². The standard InChI is InChI=1S/C13H19ClO/c1-5-12(14)9-11(4)6-7-13(15)8-10(2)3/h6,10H,1,7-9H2,2-4H3. The summed E-state index contributed by atoms with van der Waals surface area (Å²) < 4.78 is 0. The lowest BCUT2D eigenvalue weighted by molar-refractivity contribution is -0.118. The Morgan fingerprint density at radius 2 is 2.13 bits per heavy atom. The number of Topliss-reactive ketones (excluding diaryl/α,β-unsaturated/α-hetero) is 1. The molecule has 0 aliphatic carbocycles. The average Bonchev–Trinajstić information content (AvgIpc) is 2.13. The Bertz CT molecular complexity index is 294. The molecule has 0 spiro atoms. The van der Waals surface area contributed by atoms with E-state index in [4.69, 9.17) is 11.6 Å². The molecular weight excluding hydrogens is 208 g/mol. The van der Waals surface area contributed by atoms with Crippen LogP contribution in [0, 0.1) is 5.92 Å². The van der Waals surface area contributed by atoms with E-state index in [2.05, 4.69) is 12.3 Å². The zero-order valence-corrected chi connectivity index (χ0v) is 10.5. The van der Waals surface area contributed by atoms with Gasteiger partial charge in [-0.3, -0.25) is 4.79 Å². The molecule has 0 aliphatic heterocycles. The van der Waals surface area contributed by atoms with Crippen molar-refractivity contribution in [2.24, 2.45) is 5.92 Å². The highest BCUT2D eigenvalue weighted by molar-refractivity contribution is 6.29. The number of hydrogen-bond acceptors (Lipinski definition) is 1. The second-order valence-electron chi connectivity index (χ2n) is 4.15. The Morgan fingerprint density at radius 1 is 1.53 bits per heavy atom. The molecule has 84 valence electrons. The summed E-state index contributed by atoms with van der Waals surface area (Å²) in [5.74, 6) is 0.714. The number of rotatable bonds is 6. The van der Waals surface area contributed by atoms with E-state index < -0.39 is 0 Å². The van der Waals surface area contributed by atoms with E-state index in [1.165, 1.54) is 0 Å². The van der Waals surface area contributed by atoms with E-state index in [1.807, 2.05) is 26.8 Å². The monoisotopic (exact) mass is 226 g/mol. The molecule has 0 N–H and O–H groups in total. The van der Waals surface area contributed by atoms with Crippen molar-refractivity contribution in [2.75, 3.05) is 0 Å². The third-order valence-electron chi connectivity index (χ3n) is 1.94. The van der Waals surface area contributed by atoms with Crippen LogP contribution in [0.2, 0.25) is 0 Å². The molecular formula is C13H19ClO. The first kappa shape index (κ1) is 14.2. The van der Waals surface area contributed by atoms with Gasteiger partial charge in [0.1, 0.15) is 5.78 Å². The van der Waals surface area contributed by atoms with Crippen molar-refractivity contribution in [2.45, 2.75) is 40.0 Å². The van der Waals surface area contributed by atoms with E-state index in [9.17, 15) is 4.79 Å². The lowest BCUT2D eigenvalue weighted by atomic mass is 10.0. The lowest BCUT2D eigenvalue weighted by Crippen LogP contribution is -2.01. The maximum atomic E-state index is 11.4. The van der Waals surface area contributed by atoms with Crippen LogP contribution in [0.5, 0.6) is 0 Å². The summed E-state index contributed by atoms with van der Waals surface area (Å²) in [4.78, 5) is 11.4. The number of ketones is 1. The highest BCUT2D eigenvalue weighted by Gasteiger charge is 2.03. The summed E-state index contributed by atoms with van der Waals surface area (Å²) in [6.07, 6.45) is 3.73. The van der Waals surface area contributed by atoms with Crippen molar-refractivity contribution in [3.05, 3.63) is 29.0 Å². The fourth-order valence-corrected chi connectivity index (χ4v) is 1.42. The SMILES string of the molecule is C=C=C(Cl)CC(C)=CCC(=O)CC(C)C. The van der Waals surface area contributed by atoms with Crippen molar-refractivity contribution in [1.82, 2.24) is 0 Å². The molecule has 0 heterocycles. The van der Waals surface area contributed by atoms with E-state index in [1.54, 1.807) is 0 Å². The molecule has 0 radical (unpaired) electrons. The number of halogens is 1. The predicted molar refractivity (Wildman–Crippen MR) is 66.0 cm³/mol. The summed E-state index contributed by atoms with van der Waals surface area (Å²) >= 11 is 5.78. The van der Waals surface area contributed by atoms with Crippen molar-refractivity contribution < 1.29 is 4.79 Å². The molecule has 0 atom stereocenters. The molecule has 0 saturated heterocycles. The molecule has 0 aromatic carbocycles. The van der Waals surface area contributed by atoms with Crippen molar-refractivity contribution in [3.63, 3.8) is 0 Å². The van der Waals surface area contributed by atoms with Crippen molar-refractivity contribution in [3.8, 4) is 0 Å². The molecule has 0 amide bonds. The van der Waals surface area contributed by atoms with Crippen molar-refractivity contribution in [1.29, 1.82) is 0 Å². The maximum Gasteiger partial charge on any atom is 0.136 e. The highest BCUT2D eigenvalue weighted by Crippen LogP contribution is 2.14. The van der Waals surface area contributed by atoms with E-state index in [0.717, 1.165) is 5.57 Å². The van der Waals surface area contributed by atoms with Crippen LogP contribution in [0.25, 0.3) is 0 Å². The van der Waals surface area contributed by atoms with Gasteiger partial charge in [0.15, 0.2) is 0 Å². The minimum atomic E-state index is 0.281. The molecule has 0 bridgehead atoms. The number of carbonyl (C=O) groups excluding carboxylic acids is 1. The smallest absolute Gasteiger partial charge is 0.136 e. The van der Waals surface area contributed by atoms with Gasteiger partial charge in [0.25, 0.3) is 0 Å². The van der Waals surface area contributed by atoms with Gasteiger partial charge in [0, 0.05) is 19.3 Å². The summed E-state index contributed by atoms with van der Waals surface area (Å²) in [7, 11) is 0. The third kappa shape index (κ3) is 8.23. The van der Waals surface area contributed by atoms with Gasteiger partial charge in [-0.1, -0.05) is 43.7 Å². The van der Waals surface area contributed by atoms with Gasteiger partial charge >= 0.3 is 0 Å². The third-order valence-corrected chi connectivity index (χ3v) is 2.21. The number of carbonyl (C=O) groups is 1. The summed E-state index contributed by atoms with van der Waals surface area (Å²) in [5.41, 5.74) is 3.71. The molecule has 2 heteroatoms. The Hall–Kier alpha value is -0.780. The molecule has 0 aromatic heterocycles.